The first kappa shape index (κ1) is 15.7. The summed E-state index contributed by atoms with van der Waals surface area (Å²) in [5, 5.41) is 12.6. The lowest BCUT2D eigenvalue weighted by atomic mass is 10.1. The molecule has 0 aliphatic carbocycles. The molecule has 0 aliphatic heterocycles. The van der Waals surface area contributed by atoms with Crippen LogP contribution in [0, 0.1) is 13.8 Å². The number of fused-ring (bicyclic) bond motifs is 1. The second kappa shape index (κ2) is 6.52. The molecule has 0 radical (unpaired) electrons. The van der Waals surface area contributed by atoms with Gasteiger partial charge in [-0.2, -0.15) is 0 Å². The summed E-state index contributed by atoms with van der Waals surface area (Å²) >= 11 is 1.43. The van der Waals surface area contributed by atoms with Crippen molar-refractivity contribution in [2.75, 3.05) is 6.61 Å². The van der Waals surface area contributed by atoms with E-state index in [0.717, 1.165) is 16.9 Å². The lowest BCUT2D eigenvalue weighted by Gasteiger charge is -2.15. The van der Waals surface area contributed by atoms with E-state index in [2.05, 4.69) is 4.98 Å². The van der Waals surface area contributed by atoms with Gasteiger partial charge in [-0.25, -0.2) is 4.98 Å². The van der Waals surface area contributed by atoms with Crippen molar-refractivity contribution >= 4 is 21.6 Å². The van der Waals surface area contributed by atoms with Crippen molar-refractivity contribution in [1.82, 2.24) is 9.55 Å². The number of aliphatic hydroxyl groups excluding tert-OH is 1. The Kier molecular flexibility index (Phi) is 4.45. The van der Waals surface area contributed by atoms with Gasteiger partial charge in [0.2, 0.25) is 0 Å². The molecule has 1 aromatic carbocycles. The largest absolute Gasteiger partial charge is 0.491 e. The highest BCUT2D eigenvalue weighted by atomic mass is 32.1. The molecule has 0 unspecified atom stereocenters. The molecule has 5 nitrogen and oxygen atoms in total. The van der Waals surface area contributed by atoms with E-state index >= 15 is 0 Å². The number of benzene rings is 1. The fraction of sp³-hybridized carbons (Fsp3) is 0.294. The van der Waals surface area contributed by atoms with Crippen LogP contribution in [0.15, 0.2) is 40.8 Å². The molecule has 0 fully saturated rings. The van der Waals surface area contributed by atoms with E-state index in [4.69, 9.17) is 4.74 Å². The third-order valence-electron chi connectivity index (χ3n) is 3.62. The van der Waals surface area contributed by atoms with Crippen LogP contribution in [0.25, 0.3) is 10.2 Å². The average molecular weight is 330 g/mol. The van der Waals surface area contributed by atoms with Gasteiger partial charge < -0.3 is 9.84 Å². The van der Waals surface area contributed by atoms with Gasteiger partial charge in [0.25, 0.3) is 5.56 Å². The lowest BCUT2D eigenvalue weighted by Crippen LogP contribution is -2.30. The maximum Gasteiger partial charge on any atom is 0.262 e. The topological polar surface area (TPSA) is 64.3 Å². The molecular formula is C17H18N2O3S. The van der Waals surface area contributed by atoms with Gasteiger partial charge >= 0.3 is 0 Å². The maximum absolute atomic E-state index is 12.3. The Balaban J connectivity index is 1.67. The average Bonchev–Trinajstić information content (AvgIpc) is 2.98. The summed E-state index contributed by atoms with van der Waals surface area (Å²) in [5.41, 5.74) is 2.05. The van der Waals surface area contributed by atoms with Gasteiger partial charge in [-0.1, -0.05) is 17.7 Å². The minimum atomic E-state index is -0.786. The van der Waals surface area contributed by atoms with Gasteiger partial charge in [-0.15, -0.1) is 11.3 Å². The van der Waals surface area contributed by atoms with E-state index in [-0.39, 0.29) is 18.7 Å². The smallest absolute Gasteiger partial charge is 0.262 e. The number of rotatable bonds is 5. The highest BCUT2D eigenvalue weighted by Gasteiger charge is 2.11. The number of aliphatic hydroxyl groups is 1. The number of aryl methyl sites for hydroxylation is 2. The Morgan fingerprint density at radius 3 is 2.96 bits per heavy atom. The number of thiophene rings is 1. The summed E-state index contributed by atoms with van der Waals surface area (Å²) in [6.45, 7) is 4.26. The molecule has 0 spiro atoms. The third-order valence-corrected chi connectivity index (χ3v) is 4.44. The summed E-state index contributed by atoms with van der Waals surface area (Å²) < 4.78 is 7.08. The second-order valence-corrected chi connectivity index (χ2v) is 6.47. The molecule has 3 aromatic rings. The number of ether oxygens (including phenoxy) is 1. The molecule has 2 aromatic heterocycles. The molecule has 2 heterocycles. The Morgan fingerprint density at radius 2 is 2.17 bits per heavy atom. The van der Waals surface area contributed by atoms with Crippen molar-refractivity contribution in [3.8, 4) is 5.75 Å². The van der Waals surface area contributed by atoms with Crippen LogP contribution in [0.5, 0.6) is 5.75 Å². The summed E-state index contributed by atoms with van der Waals surface area (Å²) in [4.78, 5) is 17.2. The molecule has 0 saturated carbocycles. The number of aromatic nitrogens is 2. The zero-order chi connectivity index (χ0) is 16.4. The molecule has 6 heteroatoms. The summed E-state index contributed by atoms with van der Waals surface area (Å²) in [5.74, 6) is 0.744. The molecule has 3 rings (SSSR count). The van der Waals surface area contributed by atoms with Crippen molar-refractivity contribution in [1.29, 1.82) is 0 Å². The molecule has 23 heavy (non-hydrogen) atoms. The van der Waals surface area contributed by atoms with E-state index in [1.807, 2.05) is 37.4 Å². The molecule has 1 N–H and O–H groups in total. The standard InChI is InChI=1S/C17H18N2O3S/c1-11-3-4-15(12(2)7-11)22-9-13(20)8-19-10-18-16-14(17(19)21)5-6-23-16/h3-7,10,13,20H,8-9H2,1-2H3/t13-/m0/s1. The van der Waals surface area contributed by atoms with Crippen molar-refractivity contribution in [2.45, 2.75) is 26.5 Å². The van der Waals surface area contributed by atoms with Crippen molar-refractivity contribution in [3.05, 3.63) is 57.5 Å². The van der Waals surface area contributed by atoms with Gasteiger partial charge in [0.1, 0.15) is 23.3 Å². The van der Waals surface area contributed by atoms with Crippen LogP contribution >= 0.6 is 11.3 Å². The molecule has 0 bridgehead atoms. The minimum absolute atomic E-state index is 0.123. The van der Waals surface area contributed by atoms with Crippen molar-refractivity contribution < 1.29 is 9.84 Å². The van der Waals surface area contributed by atoms with Gasteiger partial charge in [-0.05, 0) is 36.9 Å². The molecule has 0 aliphatic rings. The zero-order valence-corrected chi connectivity index (χ0v) is 13.8. The van der Waals surface area contributed by atoms with E-state index in [1.54, 1.807) is 6.07 Å². The van der Waals surface area contributed by atoms with E-state index in [1.165, 1.54) is 22.2 Å². The predicted octanol–water partition coefficient (Wildman–Crippen LogP) is 2.51. The zero-order valence-electron chi connectivity index (χ0n) is 13.0. The first-order chi connectivity index (χ1) is 11.0. The number of nitrogens with zero attached hydrogens (tertiary/aromatic N) is 2. The van der Waals surface area contributed by atoms with E-state index in [9.17, 15) is 9.90 Å². The van der Waals surface area contributed by atoms with E-state index in [0.29, 0.717) is 10.2 Å². The highest BCUT2D eigenvalue weighted by Crippen LogP contribution is 2.19. The summed E-state index contributed by atoms with van der Waals surface area (Å²) in [7, 11) is 0. The van der Waals surface area contributed by atoms with Crippen LogP contribution in [-0.4, -0.2) is 27.4 Å². The first-order valence-corrected chi connectivity index (χ1v) is 8.23. The van der Waals surface area contributed by atoms with E-state index < -0.39 is 6.10 Å². The lowest BCUT2D eigenvalue weighted by molar-refractivity contribution is 0.0911. The SMILES string of the molecule is Cc1ccc(OC[C@@H](O)Cn2cnc3sccc3c2=O)c(C)c1. The number of hydrogen-bond acceptors (Lipinski definition) is 5. The molecule has 1 atom stereocenters. The third kappa shape index (κ3) is 3.43. The quantitative estimate of drug-likeness (QED) is 0.781. The molecular weight excluding hydrogens is 312 g/mol. The fourth-order valence-electron chi connectivity index (χ4n) is 2.45. The summed E-state index contributed by atoms with van der Waals surface area (Å²) in [6.07, 6.45) is 0.688. The van der Waals surface area contributed by atoms with Crippen LogP contribution in [0.1, 0.15) is 11.1 Å². The Bertz CT molecular complexity index is 885. The maximum atomic E-state index is 12.3. The van der Waals surface area contributed by atoms with Gasteiger partial charge in [0.05, 0.1) is 18.3 Å². The highest BCUT2D eigenvalue weighted by molar-refractivity contribution is 7.16. The monoisotopic (exact) mass is 330 g/mol. The van der Waals surface area contributed by atoms with Crippen LogP contribution < -0.4 is 10.3 Å². The normalized spacial score (nSPS) is 12.5. The van der Waals surface area contributed by atoms with Gasteiger partial charge in [-0.3, -0.25) is 9.36 Å². The molecule has 120 valence electrons. The van der Waals surface area contributed by atoms with Gasteiger partial charge in [0, 0.05) is 0 Å². The Morgan fingerprint density at radius 1 is 1.35 bits per heavy atom. The Hall–Kier alpha value is -2.18. The fourth-order valence-corrected chi connectivity index (χ4v) is 3.17. The Labute approximate surface area is 137 Å². The van der Waals surface area contributed by atoms with Crippen molar-refractivity contribution in [2.24, 2.45) is 0 Å². The first-order valence-electron chi connectivity index (χ1n) is 7.35. The molecule has 0 amide bonds. The minimum Gasteiger partial charge on any atom is -0.491 e. The molecule has 0 saturated heterocycles. The second-order valence-electron chi connectivity index (χ2n) is 5.58. The van der Waals surface area contributed by atoms with Crippen molar-refractivity contribution in [3.63, 3.8) is 0 Å². The van der Waals surface area contributed by atoms with Crippen LogP contribution in [0.4, 0.5) is 0 Å². The van der Waals surface area contributed by atoms with Gasteiger partial charge in [0.15, 0.2) is 0 Å². The van der Waals surface area contributed by atoms with Crippen LogP contribution in [0.2, 0.25) is 0 Å². The van der Waals surface area contributed by atoms with Crippen LogP contribution in [-0.2, 0) is 6.54 Å². The summed E-state index contributed by atoms with van der Waals surface area (Å²) in [6, 6.07) is 7.64. The number of hydrogen-bond donors (Lipinski definition) is 1. The predicted molar refractivity (Wildman–Crippen MR) is 91.3 cm³/mol. The van der Waals surface area contributed by atoms with Crippen LogP contribution in [0.3, 0.4) is 0 Å².